The van der Waals surface area contributed by atoms with Gasteiger partial charge in [-0.3, -0.25) is 4.79 Å². The normalized spacial score (nSPS) is 10.3. The number of anilines is 1. The highest BCUT2D eigenvalue weighted by Gasteiger charge is 2.13. The predicted molar refractivity (Wildman–Crippen MR) is 68.4 cm³/mol. The minimum Gasteiger partial charge on any atom is -0.319 e. The Morgan fingerprint density at radius 2 is 1.68 bits per heavy atom. The molecule has 0 radical (unpaired) electrons. The molecule has 0 saturated heterocycles. The standard InChI is InChI=1S/C13H7BrF3NO/c14-8-3-1-2-7(4-8)13(19)18-12-6-10(16)9(15)5-11(12)17/h1-6H,(H,18,19). The molecule has 0 unspecified atom stereocenters. The Balaban J connectivity index is 2.27. The summed E-state index contributed by atoms with van der Waals surface area (Å²) in [4.78, 5) is 11.8. The molecule has 2 rings (SSSR count). The maximum Gasteiger partial charge on any atom is 0.255 e. The summed E-state index contributed by atoms with van der Waals surface area (Å²) in [6, 6.07) is 7.35. The summed E-state index contributed by atoms with van der Waals surface area (Å²) in [5.74, 6) is -4.20. The lowest BCUT2D eigenvalue weighted by Crippen LogP contribution is -2.13. The van der Waals surface area contributed by atoms with Crippen LogP contribution in [0.2, 0.25) is 0 Å². The quantitative estimate of drug-likeness (QED) is 0.825. The molecule has 98 valence electrons. The van der Waals surface area contributed by atoms with Gasteiger partial charge in [0.05, 0.1) is 5.69 Å². The molecule has 1 N–H and O–H groups in total. The summed E-state index contributed by atoms with van der Waals surface area (Å²) in [6.07, 6.45) is 0. The van der Waals surface area contributed by atoms with Crippen molar-refractivity contribution in [1.82, 2.24) is 0 Å². The van der Waals surface area contributed by atoms with E-state index in [2.05, 4.69) is 21.2 Å². The maximum absolute atomic E-state index is 13.4. The minimum atomic E-state index is -1.31. The minimum absolute atomic E-state index is 0.263. The van der Waals surface area contributed by atoms with Crippen molar-refractivity contribution in [2.75, 3.05) is 5.32 Å². The van der Waals surface area contributed by atoms with E-state index in [9.17, 15) is 18.0 Å². The molecule has 6 heteroatoms. The third-order valence-corrected chi connectivity index (χ3v) is 2.84. The number of benzene rings is 2. The first-order valence-corrected chi connectivity index (χ1v) is 5.98. The maximum atomic E-state index is 13.4. The fourth-order valence-electron chi connectivity index (χ4n) is 1.44. The van der Waals surface area contributed by atoms with Crippen molar-refractivity contribution in [1.29, 1.82) is 0 Å². The molecule has 0 bridgehead atoms. The van der Waals surface area contributed by atoms with Gasteiger partial charge in [-0.05, 0) is 18.2 Å². The summed E-state index contributed by atoms with van der Waals surface area (Å²) in [6.45, 7) is 0. The van der Waals surface area contributed by atoms with Crippen LogP contribution in [0.3, 0.4) is 0 Å². The predicted octanol–water partition coefficient (Wildman–Crippen LogP) is 4.12. The van der Waals surface area contributed by atoms with Crippen LogP contribution in [0.4, 0.5) is 18.9 Å². The molecule has 0 aromatic heterocycles. The zero-order chi connectivity index (χ0) is 14.0. The smallest absolute Gasteiger partial charge is 0.255 e. The first-order chi connectivity index (χ1) is 8.97. The highest BCUT2D eigenvalue weighted by molar-refractivity contribution is 9.10. The van der Waals surface area contributed by atoms with Crippen LogP contribution in [0.1, 0.15) is 10.4 Å². The fraction of sp³-hybridized carbons (Fsp3) is 0. The van der Waals surface area contributed by atoms with E-state index in [1.807, 2.05) is 0 Å². The van der Waals surface area contributed by atoms with E-state index >= 15 is 0 Å². The number of hydrogen-bond acceptors (Lipinski definition) is 1. The Labute approximate surface area is 115 Å². The second-order valence-corrected chi connectivity index (χ2v) is 4.63. The number of rotatable bonds is 2. The molecule has 19 heavy (non-hydrogen) atoms. The van der Waals surface area contributed by atoms with Crippen LogP contribution in [-0.2, 0) is 0 Å². The van der Waals surface area contributed by atoms with Crippen LogP contribution >= 0.6 is 15.9 Å². The summed E-state index contributed by atoms with van der Waals surface area (Å²) in [5, 5.41) is 2.18. The number of hydrogen-bond donors (Lipinski definition) is 1. The molecule has 0 heterocycles. The van der Waals surface area contributed by atoms with E-state index < -0.39 is 29.0 Å². The van der Waals surface area contributed by atoms with Gasteiger partial charge in [0.2, 0.25) is 0 Å². The zero-order valence-corrected chi connectivity index (χ0v) is 11.0. The molecule has 0 aliphatic carbocycles. The highest BCUT2D eigenvalue weighted by Crippen LogP contribution is 2.20. The van der Waals surface area contributed by atoms with E-state index in [4.69, 9.17) is 0 Å². The third kappa shape index (κ3) is 3.14. The van der Waals surface area contributed by atoms with Crippen molar-refractivity contribution in [2.24, 2.45) is 0 Å². The Morgan fingerprint density at radius 3 is 2.37 bits per heavy atom. The lowest BCUT2D eigenvalue weighted by molar-refractivity contribution is 0.102. The van der Waals surface area contributed by atoms with Crippen LogP contribution in [-0.4, -0.2) is 5.91 Å². The van der Waals surface area contributed by atoms with Crippen LogP contribution in [0.25, 0.3) is 0 Å². The van der Waals surface area contributed by atoms with Gasteiger partial charge >= 0.3 is 0 Å². The molecular weight excluding hydrogens is 323 g/mol. The molecule has 2 aromatic rings. The van der Waals surface area contributed by atoms with Crippen molar-refractivity contribution >= 4 is 27.5 Å². The van der Waals surface area contributed by atoms with Crippen LogP contribution in [0.15, 0.2) is 40.9 Å². The van der Waals surface area contributed by atoms with Gasteiger partial charge in [0.25, 0.3) is 5.91 Å². The Hall–Kier alpha value is -1.82. The summed E-state index contributed by atoms with van der Waals surface area (Å²) >= 11 is 3.19. The average molecular weight is 330 g/mol. The fourth-order valence-corrected chi connectivity index (χ4v) is 1.84. The van der Waals surface area contributed by atoms with E-state index in [0.29, 0.717) is 16.6 Å². The van der Waals surface area contributed by atoms with E-state index in [0.717, 1.165) is 0 Å². The van der Waals surface area contributed by atoms with Crippen molar-refractivity contribution < 1.29 is 18.0 Å². The van der Waals surface area contributed by atoms with Crippen molar-refractivity contribution in [2.45, 2.75) is 0 Å². The highest BCUT2D eigenvalue weighted by atomic mass is 79.9. The first-order valence-electron chi connectivity index (χ1n) is 5.19. The Bertz CT molecular complexity index is 646. The third-order valence-electron chi connectivity index (χ3n) is 2.34. The van der Waals surface area contributed by atoms with Gasteiger partial charge in [0.15, 0.2) is 11.6 Å². The monoisotopic (exact) mass is 329 g/mol. The van der Waals surface area contributed by atoms with Gasteiger partial charge in [0.1, 0.15) is 5.82 Å². The van der Waals surface area contributed by atoms with Gasteiger partial charge in [-0.25, -0.2) is 13.2 Å². The lowest BCUT2D eigenvalue weighted by atomic mass is 10.2. The SMILES string of the molecule is O=C(Nc1cc(F)c(F)cc1F)c1cccc(Br)c1. The van der Waals surface area contributed by atoms with Gasteiger partial charge < -0.3 is 5.32 Å². The molecule has 2 nitrogen and oxygen atoms in total. The van der Waals surface area contributed by atoms with Crippen LogP contribution < -0.4 is 5.32 Å². The largest absolute Gasteiger partial charge is 0.319 e. The van der Waals surface area contributed by atoms with E-state index in [1.54, 1.807) is 12.1 Å². The summed E-state index contributed by atoms with van der Waals surface area (Å²) in [7, 11) is 0. The number of halogens is 4. The topological polar surface area (TPSA) is 29.1 Å². The molecule has 0 saturated carbocycles. The number of carbonyl (C=O) groups is 1. The van der Waals surface area contributed by atoms with Gasteiger partial charge in [-0.2, -0.15) is 0 Å². The second kappa shape index (κ2) is 5.44. The van der Waals surface area contributed by atoms with Crippen molar-refractivity contribution in [3.05, 3.63) is 63.9 Å². The number of nitrogens with one attached hydrogen (secondary N) is 1. The molecule has 0 spiro atoms. The molecule has 1 amide bonds. The van der Waals surface area contributed by atoms with E-state index in [-0.39, 0.29) is 5.56 Å². The molecule has 0 aliphatic heterocycles. The summed E-state index contributed by atoms with van der Waals surface area (Å²) < 4.78 is 39.7. The first kappa shape index (κ1) is 13.6. The molecular formula is C13H7BrF3NO. The van der Waals surface area contributed by atoms with Crippen molar-refractivity contribution in [3.63, 3.8) is 0 Å². The van der Waals surface area contributed by atoms with Crippen LogP contribution in [0, 0.1) is 17.5 Å². The van der Waals surface area contributed by atoms with Gasteiger partial charge in [-0.15, -0.1) is 0 Å². The van der Waals surface area contributed by atoms with E-state index in [1.165, 1.54) is 12.1 Å². The molecule has 0 atom stereocenters. The number of amides is 1. The molecule has 0 aliphatic rings. The molecule has 2 aromatic carbocycles. The molecule has 0 fully saturated rings. The Kier molecular flexibility index (Phi) is 3.90. The average Bonchev–Trinajstić information content (AvgIpc) is 2.36. The van der Waals surface area contributed by atoms with Crippen LogP contribution in [0.5, 0.6) is 0 Å². The zero-order valence-electron chi connectivity index (χ0n) is 9.38. The second-order valence-electron chi connectivity index (χ2n) is 3.71. The number of carbonyl (C=O) groups excluding carboxylic acids is 1. The van der Waals surface area contributed by atoms with Crippen molar-refractivity contribution in [3.8, 4) is 0 Å². The lowest BCUT2D eigenvalue weighted by Gasteiger charge is -2.07. The Morgan fingerprint density at radius 1 is 1.00 bits per heavy atom. The van der Waals surface area contributed by atoms with Gasteiger partial charge in [0, 0.05) is 22.2 Å². The summed E-state index contributed by atoms with van der Waals surface area (Å²) in [5.41, 5.74) is -0.151. The van der Waals surface area contributed by atoms with Gasteiger partial charge in [-0.1, -0.05) is 22.0 Å².